The third kappa shape index (κ3) is 2.10. The molecule has 0 amide bonds. The van der Waals surface area contributed by atoms with Crippen LogP contribution in [0, 0.1) is 6.92 Å². The summed E-state index contributed by atoms with van der Waals surface area (Å²) in [5, 5.41) is 0. The highest BCUT2D eigenvalue weighted by Crippen LogP contribution is 2.59. The highest BCUT2D eigenvalue weighted by atomic mass is 79.9. The van der Waals surface area contributed by atoms with E-state index in [2.05, 4.69) is 20.9 Å². The van der Waals surface area contributed by atoms with E-state index >= 15 is 0 Å². The summed E-state index contributed by atoms with van der Waals surface area (Å²) in [7, 11) is 0. The summed E-state index contributed by atoms with van der Waals surface area (Å²) in [5.74, 6) is -2.80. The number of aryl methyl sites for hydroxylation is 1. The maximum absolute atomic E-state index is 14.9. The first kappa shape index (κ1) is 16.6. The van der Waals surface area contributed by atoms with Gasteiger partial charge in [0.25, 0.3) is 5.92 Å². The van der Waals surface area contributed by atoms with E-state index in [4.69, 9.17) is 0 Å². The second-order valence-corrected chi connectivity index (χ2v) is 8.26. The Morgan fingerprint density at radius 3 is 2.17 bits per heavy atom. The minimum absolute atomic E-state index is 0.715. The Balaban J connectivity index is 2.20. The maximum Gasteiger partial charge on any atom is 0.266 e. The number of fused-ring (bicyclic) bond motifs is 1. The molecule has 1 heterocycles. The van der Waals surface area contributed by atoms with Crippen molar-refractivity contribution in [3.05, 3.63) is 51.6 Å². The third-order valence-electron chi connectivity index (χ3n) is 5.28. The lowest BCUT2D eigenvalue weighted by atomic mass is 9.77. The highest BCUT2D eigenvalue weighted by Gasteiger charge is 2.65. The minimum Gasteiger partial charge on any atom is -0.255 e. The minimum atomic E-state index is -2.80. The molecular weight excluding hydrogens is 360 g/mol. The van der Waals surface area contributed by atoms with Gasteiger partial charge in [-0.2, -0.15) is 0 Å². The molecule has 0 bridgehead atoms. The molecule has 122 valence electrons. The summed E-state index contributed by atoms with van der Waals surface area (Å²) < 4.78 is 30.8. The molecule has 0 unspecified atom stereocenters. The van der Waals surface area contributed by atoms with Gasteiger partial charge in [0.15, 0.2) is 0 Å². The van der Waals surface area contributed by atoms with Crippen LogP contribution < -0.4 is 0 Å². The van der Waals surface area contributed by atoms with Gasteiger partial charge in [-0.15, -0.1) is 0 Å². The van der Waals surface area contributed by atoms with Gasteiger partial charge in [-0.25, -0.2) is 8.78 Å². The van der Waals surface area contributed by atoms with E-state index in [0.29, 0.717) is 5.56 Å². The largest absolute Gasteiger partial charge is 0.266 e. The van der Waals surface area contributed by atoms with Gasteiger partial charge in [0.05, 0.1) is 16.5 Å². The summed E-state index contributed by atoms with van der Waals surface area (Å²) in [6.45, 7) is 8.50. The number of nitrogens with zero attached hydrogens (tertiary/aromatic N) is 1. The van der Waals surface area contributed by atoms with Crippen LogP contribution in [0.2, 0.25) is 0 Å². The summed E-state index contributed by atoms with van der Waals surface area (Å²) in [4.78, 5) is 4.42. The van der Waals surface area contributed by atoms with Crippen molar-refractivity contribution in [3.63, 3.8) is 0 Å². The van der Waals surface area contributed by atoms with E-state index in [1.165, 1.54) is 0 Å². The first-order valence-electron chi connectivity index (χ1n) is 7.65. The van der Waals surface area contributed by atoms with E-state index in [-0.39, 0.29) is 0 Å². The van der Waals surface area contributed by atoms with Crippen molar-refractivity contribution in [3.8, 4) is 11.3 Å². The van der Waals surface area contributed by atoms with Crippen molar-refractivity contribution >= 4 is 15.9 Å². The summed E-state index contributed by atoms with van der Waals surface area (Å²) >= 11 is 3.44. The average molecular weight is 380 g/mol. The highest BCUT2D eigenvalue weighted by molar-refractivity contribution is 9.10. The fourth-order valence-electron chi connectivity index (χ4n) is 3.58. The van der Waals surface area contributed by atoms with Crippen molar-refractivity contribution < 1.29 is 8.78 Å². The molecule has 2 aromatic rings. The molecule has 0 radical (unpaired) electrons. The maximum atomic E-state index is 14.9. The second-order valence-electron chi connectivity index (χ2n) is 7.40. The quantitative estimate of drug-likeness (QED) is 0.589. The Kier molecular flexibility index (Phi) is 3.50. The van der Waals surface area contributed by atoms with Crippen molar-refractivity contribution in [2.75, 3.05) is 0 Å². The van der Waals surface area contributed by atoms with Crippen LogP contribution in [-0.2, 0) is 10.8 Å². The van der Waals surface area contributed by atoms with Gasteiger partial charge in [0.1, 0.15) is 0 Å². The monoisotopic (exact) mass is 379 g/mol. The lowest BCUT2D eigenvalue weighted by molar-refractivity contribution is -0.105. The molecule has 0 aliphatic heterocycles. The molecule has 1 aliphatic rings. The van der Waals surface area contributed by atoms with Crippen LogP contribution >= 0.6 is 15.9 Å². The molecule has 0 spiro atoms. The number of benzene rings is 1. The Hall–Kier alpha value is -1.29. The zero-order valence-corrected chi connectivity index (χ0v) is 15.6. The number of hydrogen-bond donors (Lipinski definition) is 0. The lowest BCUT2D eigenvalue weighted by Gasteiger charge is -2.35. The van der Waals surface area contributed by atoms with Gasteiger partial charge in [-0.3, -0.25) is 4.98 Å². The molecule has 1 aliphatic carbocycles. The Bertz CT molecular complexity index is 794. The van der Waals surface area contributed by atoms with E-state index in [0.717, 1.165) is 26.9 Å². The van der Waals surface area contributed by atoms with Gasteiger partial charge < -0.3 is 0 Å². The third-order valence-corrected chi connectivity index (χ3v) is 6.11. The summed E-state index contributed by atoms with van der Waals surface area (Å²) in [5.41, 5.74) is 1.82. The molecule has 0 saturated heterocycles. The fraction of sp³-hybridized carbons (Fsp3) is 0.421. The first-order valence-corrected chi connectivity index (χ1v) is 8.45. The standard InChI is InChI=1S/C19H20BrF2N/c1-11-8-16(23-10-15(11)20)12-6-7-13-14(9-12)18(4,5)19(21,22)17(13,2)3/h6-10H,1-5H3. The molecule has 1 aromatic carbocycles. The Morgan fingerprint density at radius 1 is 0.957 bits per heavy atom. The van der Waals surface area contributed by atoms with E-state index in [9.17, 15) is 8.78 Å². The zero-order valence-electron chi connectivity index (χ0n) is 14.0. The van der Waals surface area contributed by atoms with Crippen LogP contribution in [0.25, 0.3) is 11.3 Å². The molecule has 4 heteroatoms. The lowest BCUT2D eigenvalue weighted by Crippen LogP contribution is -2.46. The normalized spacial score (nSPS) is 20.3. The number of aromatic nitrogens is 1. The van der Waals surface area contributed by atoms with Crippen LogP contribution in [0.4, 0.5) is 8.78 Å². The first-order chi connectivity index (χ1) is 10.5. The fourth-order valence-corrected chi connectivity index (χ4v) is 3.80. The Labute approximate surface area is 144 Å². The van der Waals surface area contributed by atoms with Gasteiger partial charge in [-0.05, 0) is 79.4 Å². The molecule has 3 rings (SSSR count). The predicted octanol–water partition coefficient (Wildman–Crippen LogP) is 6.02. The molecule has 0 atom stereocenters. The molecular formula is C19H20BrF2N. The van der Waals surface area contributed by atoms with Gasteiger partial charge in [0, 0.05) is 16.2 Å². The van der Waals surface area contributed by atoms with Gasteiger partial charge >= 0.3 is 0 Å². The zero-order chi connectivity index (χ0) is 17.2. The van der Waals surface area contributed by atoms with E-state index in [1.807, 2.05) is 31.2 Å². The second kappa shape index (κ2) is 4.85. The SMILES string of the molecule is Cc1cc(-c2ccc3c(c2)C(C)(C)C(F)(F)C3(C)C)ncc1Br. The van der Waals surface area contributed by atoms with Crippen LogP contribution in [0.5, 0.6) is 0 Å². The van der Waals surface area contributed by atoms with Crippen LogP contribution in [0.15, 0.2) is 34.9 Å². The van der Waals surface area contributed by atoms with Crippen molar-refractivity contribution in [2.45, 2.75) is 51.4 Å². The number of halogens is 3. The van der Waals surface area contributed by atoms with Gasteiger partial charge in [-0.1, -0.05) is 12.1 Å². The number of hydrogen-bond acceptors (Lipinski definition) is 1. The van der Waals surface area contributed by atoms with Crippen LogP contribution in [0.1, 0.15) is 44.4 Å². The van der Waals surface area contributed by atoms with Gasteiger partial charge in [0.2, 0.25) is 0 Å². The van der Waals surface area contributed by atoms with Crippen molar-refractivity contribution in [2.24, 2.45) is 0 Å². The van der Waals surface area contributed by atoms with E-state index < -0.39 is 16.8 Å². The molecule has 0 saturated carbocycles. The van der Waals surface area contributed by atoms with E-state index in [1.54, 1.807) is 33.9 Å². The number of pyridine rings is 1. The topological polar surface area (TPSA) is 12.9 Å². The Morgan fingerprint density at radius 2 is 1.57 bits per heavy atom. The van der Waals surface area contributed by atoms with Crippen molar-refractivity contribution in [1.29, 1.82) is 0 Å². The van der Waals surface area contributed by atoms with Crippen molar-refractivity contribution in [1.82, 2.24) is 4.98 Å². The summed E-state index contributed by atoms with van der Waals surface area (Å²) in [6, 6.07) is 7.59. The summed E-state index contributed by atoms with van der Waals surface area (Å²) in [6.07, 6.45) is 1.75. The molecule has 0 N–H and O–H groups in total. The molecule has 23 heavy (non-hydrogen) atoms. The number of alkyl halides is 2. The average Bonchev–Trinajstić information content (AvgIpc) is 2.58. The predicted molar refractivity (Wildman–Crippen MR) is 93.1 cm³/mol. The van der Waals surface area contributed by atoms with Crippen LogP contribution in [0.3, 0.4) is 0 Å². The molecule has 1 aromatic heterocycles. The smallest absolute Gasteiger partial charge is 0.255 e. The molecule has 0 fully saturated rings. The molecule has 1 nitrogen and oxygen atoms in total. The number of rotatable bonds is 1. The van der Waals surface area contributed by atoms with Crippen LogP contribution in [-0.4, -0.2) is 10.9 Å².